The molecule has 1 aliphatic heterocycles. The number of hydrogen-bond donors (Lipinski definition) is 0. The predicted octanol–water partition coefficient (Wildman–Crippen LogP) is 2.79. The number of rotatable bonds is 1. The van der Waals surface area contributed by atoms with Gasteiger partial charge in [-0.3, -0.25) is 0 Å². The maximum absolute atomic E-state index is 4.72. The Morgan fingerprint density at radius 3 is 2.69 bits per heavy atom. The van der Waals surface area contributed by atoms with E-state index in [1.54, 1.807) is 0 Å². The molecule has 16 heavy (non-hydrogen) atoms. The minimum absolute atomic E-state index is 1.10. The molecule has 0 saturated carbocycles. The van der Waals surface area contributed by atoms with E-state index in [0.717, 1.165) is 24.4 Å². The zero-order valence-corrected chi connectivity index (χ0v) is 9.91. The second-order valence-corrected chi connectivity index (χ2v) is 5.19. The summed E-state index contributed by atoms with van der Waals surface area (Å²) in [7, 11) is 0. The third-order valence-corrected chi connectivity index (χ3v) is 3.86. The quantitative estimate of drug-likeness (QED) is 0.749. The van der Waals surface area contributed by atoms with Gasteiger partial charge in [0, 0.05) is 30.0 Å². The molecule has 0 radical (unpaired) electrons. The molecular weight excluding hydrogens is 216 g/mol. The standard InChI is InChI=1S/C13H14N2S/c1-2-4-12-11(3-1)5-6-13(14-12)15-7-9-16-10-8-15/h1-6H,7-10H2. The van der Waals surface area contributed by atoms with Crippen molar-refractivity contribution >= 4 is 28.5 Å². The highest BCUT2D eigenvalue weighted by Crippen LogP contribution is 2.20. The van der Waals surface area contributed by atoms with Crippen LogP contribution in [0.1, 0.15) is 0 Å². The van der Waals surface area contributed by atoms with Crippen molar-refractivity contribution in [1.29, 1.82) is 0 Å². The first-order chi connectivity index (χ1) is 7.93. The summed E-state index contributed by atoms with van der Waals surface area (Å²) in [6, 6.07) is 12.6. The van der Waals surface area contributed by atoms with Crippen LogP contribution in [0, 0.1) is 0 Å². The SMILES string of the molecule is c1ccc2nc(N3CCSCC3)ccc2c1. The summed E-state index contributed by atoms with van der Waals surface area (Å²) >= 11 is 2.03. The third kappa shape index (κ3) is 1.87. The van der Waals surface area contributed by atoms with Crippen LogP contribution in [0.15, 0.2) is 36.4 Å². The number of pyridine rings is 1. The lowest BCUT2D eigenvalue weighted by atomic mass is 10.2. The van der Waals surface area contributed by atoms with Gasteiger partial charge in [0.15, 0.2) is 0 Å². The molecule has 0 amide bonds. The maximum Gasteiger partial charge on any atom is 0.129 e. The molecule has 1 aliphatic rings. The molecule has 2 heterocycles. The maximum atomic E-state index is 4.72. The fraction of sp³-hybridized carbons (Fsp3) is 0.308. The van der Waals surface area contributed by atoms with Crippen molar-refractivity contribution < 1.29 is 0 Å². The molecule has 0 spiro atoms. The predicted molar refractivity (Wildman–Crippen MR) is 71.3 cm³/mol. The molecule has 0 aliphatic carbocycles. The zero-order chi connectivity index (χ0) is 10.8. The lowest BCUT2D eigenvalue weighted by Crippen LogP contribution is -2.32. The van der Waals surface area contributed by atoms with Gasteiger partial charge in [-0.15, -0.1) is 0 Å². The molecule has 1 aromatic carbocycles. The number of nitrogens with zero attached hydrogens (tertiary/aromatic N) is 2. The molecule has 82 valence electrons. The van der Waals surface area contributed by atoms with Crippen molar-refractivity contribution in [2.45, 2.75) is 0 Å². The van der Waals surface area contributed by atoms with E-state index in [1.165, 1.54) is 16.9 Å². The van der Waals surface area contributed by atoms with E-state index in [2.05, 4.69) is 35.2 Å². The van der Waals surface area contributed by atoms with Crippen LogP contribution in [0.2, 0.25) is 0 Å². The van der Waals surface area contributed by atoms with E-state index in [0.29, 0.717) is 0 Å². The molecule has 0 bridgehead atoms. The lowest BCUT2D eigenvalue weighted by molar-refractivity contribution is 0.843. The zero-order valence-electron chi connectivity index (χ0n) is 9.10. The van der Waals surface area contributed by atoms with Gasteiger partial charge in [-0.05, 0) is 18.2 Å². The van der Waals surface area contributed by atoms with Gasteiger partial charge in [-0.2, -0.15) is 11.8 Å². The van der Waals surface area contributed by atoms with Gasteiger partial charge in [0.2, 0.25) is 0 Å². The third-order valence-electron chi connectivity index (χ3n) is 2.92. The first-order valence-corrected chi connectivity index (χ1v) is 6.77. The Morgan fingerprint density at radius 2 is 1.81 bits per heavy atom. The van der Waals surface area contributed by atoms with Crippen LogP contribution >= 0.6 is 11.8 Å². The number of para-hydroxylation sites is 1. The summed E-state index contributed by atoms with van der Waals surface area (Å²) in [6.45, 7) is 2.24. The summed E-state index contributed by atoms with van der Waals surface area (Å²) in [5, 5.41) is 1.22. The van der Waals surface area contributed by atoms with Crippen LogP contribution in [0.4, 0.5) is 5.82 Å². The van der Waals surface area contributed by atoms with Crippen molar-refractivity contribution in [2.75, 3.05) is 29.5 Å². The second kappa shape index (κ2) is 4.34. The number of hydrogen-bond acceptors (Lipinski definition) is 3. The van der Waals surface area contributed by atoms with E-state index in [1.807, 2.05) is 17.8 Å². The smallest absolute Gasteiger partial charge is 0.129 e. The molecule has 1 saturated heterocycles. The Kier molecular flexibility index (Phi) is 2.70. The molecule has 0 N–H and O–H groups in total. The van der Waals surface area contributed by atoms with Crippen molar-refractivity contribution in [3.8, 4) is 0 Å². The average molecular weight is 230 g/mol. The van der Waals surface area contributed by atoms with Gasteiger partial charge in [0.25, 0.3) is 0 Å². The van der Waals surface area contributed by atoms with Gasteiger partial charge in [-0.1, -0.05) is 18.2 Å². The summed E-state index contributed by atoms with van der Waals surface area (Å²) in [5.74, 6) is 3.56. The first kappa shape index (κ1) is 9.97. The fourth-order valence-electron chi connectivity index (χ4n) is 2.02. The van der Waals surface area contributed by atoms with Gasteiger partial charge >= 0.3 is 0 Å². The van der Waals surface area contributed by atoms with E-state index in [4.69, 9.17) is 4.98 Å². The molecule has 0 atom stereocenters. The number of aromatic nitrogens is 1. The van der Waals surface area contributed by atoms with E-state index < -0.39 is 0 Å². The van der Waals surface area contributed by atoms with Crippen LogP contribution in [-0.4, -0.2) is 29.6 Å². The lowest BCUT2D eigenvalue weighted by Gasteiger charge is -2.27. The Bertz CT molecular complexity index is 492. The Morgan fingerprint density at radius 1 is 1.00 bits per heavy atom. The van der Waals surface area contributed by atoms with Crippen LogP contribution in [0.25, 0.3) is 10.9 Å². The van der Waals surface area contributed by atoms with Crippen molar-refractivity contribution in [3.63, 3.8) is 0 Å². The Balaban J connectivity index is 1.97. The number of thioether (sulfide) groups is 1. The van der Waals surface area contributed by atoms with Crippen molar-refractivity contribution in [3.05, 3.63) is 36.4 Å². The molecule has 3 heteroatoms. The Hall–Kier alpha value is -1.22. The van der Waals surface area contributed by atoms with Crippen LogP contribution in [-0.2, 0) is 0 Å². The van der Waals surface area contributed by atoms with Crippen LogP contribution in [0.3, 0.4) is 0 Å². The largest absolute Gasteiger partial charge is 0.355 e. The van der Waals surface area contributed by atoms with E-state index in [-0.39, 0.29) is 0 Å². The number of benzene rings is 1. The highest BCUT2D eigenvalue weighted by molar-refractivity contribution is 7.99. The number of fused-ring (bicyclic) bond motifs is 1. The Labute approximate surface area is 99.7 Å². The average Bonchev–Trinajstić information content (AvgIpc) is 2.39. The topological polar surface area (TPSA) is 16.1 Å². The minimum Gasteiger partial charge on any atom is -0.355 e. The molecule has 2 nitrogen and oxygen atoms in total. The fourth-order valence-corrected chi connectivity index (χ4v) is 2.93. The first-order valence-electron chi connectivity index (χ1n) is 5.62. The molecular formula is C13H14N2S. The number of anilines is 1. The molecule has 0 unspecified atom stereocenters. The monoisotopic (exact) mass is 230 g/mol. The molecule has 2 aromatic rings. The minimum atomic E-state index is 1.10. The second-order valence-electron chi connectivity index (χ2n) is 3.96. The molecule has 1 aromatic heterocycles. The molecule has 3 rings (SSSR count). The van der Waals surface area contributed by atoms with Gasteiger partial charge in [0.1, 0.15) is 5.82 Å². The van der Waals surface area contributed by atoms with E-state index in [9.17, 15) is 0 Å². The van der Waals surface area contributed by atoms with Gasteiger partial charge in [-0.25, -0.2) is 4.98 Å². The molecule has 1 fully saturated rings. The highest BCUT2D eigenvalue weighted by atomic mass is 32.2. The van der Waals surface area contributed by atoms with Gasteiger partial charge in [0.05, 0.1) is 5.52 Å². The van der Waals surface area contributed by atoms with Gasteiger partial charge < -0.3 is 4.90 Å². The van der Waals surface area contributed by atoms with Crippen LogP contribution in [0.5, 0.6) is 0 Å². The normalized spacial score (nSPS) is 16.6. The summed E-state index contributed by atoms with van der Waals surface area (Å²) < 4.78 is 0. The highest BCUT2D eigenvalue weighted by Gasteiger charge is 2.12. The summed E-state index contributed by atoms with van der Waals surface area (Å²) in [5.41, 5.74) is 1.10. The van der Waals surface area contributed by atoms with Crippen LogP contribution < -0.4 is 4.90 Å². The van der Waals surface area contributed by atoms with Crippen molar-refractivity contribution in [1.82, 2.24) is 4.98 Å². The van der Waals surface area contributed by atoms with Crippen molar-refractivity contribution in [2.24, 2.45) is 0 Å². The summed E-state index contributed by atoms with van der Waals surface area (Å²) in [4.78, 5) is 7.09. The van der Waals surface area contributed by atoms with E-state index >= 15 is 0 Å². The summed E-state index contributed by atoms with van der Waals surface area (Å²) in [6.07, 6.45) is 0.